The molecule has 0 spiro atoms. The number of phenols is 1. The van der Waals surface area contributed by atoms with Gasteiger partial charge in [-0.05, 0) is 85.5 Å². The predicted octanol–water partition coefficient (Wildman–Crippen LogP) is 4.96. The second-order valence-corrected chi connectivity index (χ2v) is 10.4. The molecule has 11 heteroatoms. The summed E-state index contributed by atoms with van der Waals surface area (Å²) in [5, 5.41) is 12.9. The molecule has 0 saturated carbocycles. The van der Waals surface area contributed by atoms with Crippen LogP contribution in [0.5, 0.6) is 5.75 Å². The average molecular weight is 572 g/mol. The average Bonchev–Trinajstić information content (AvgIpc) is 3.73. The molecule has 0 radical (unpaired) electrons. The van der Waals surface area contributed by atoms with E-state index >= 15 is 0 Å². The van der Waals surface area contributed by atoms with Gasteiger partial charge >= 0.3 is 0 Å². The number of carbonyl (C=O) groups is 2. The van der Waals surface area contributed by atoms with Crippen molar-refractivity contribution >= 4 is 29.2 Å². The zero-order valence-corrected chi connectivity index (χ0v) is 23.0. The Balaban J connectivity index is 1.29. The molecule has 1 atom stereocenters. The highest BCUT2D eigenvalue weighted by atomic mass is 16.4. The number of pyridine rings is 2. The summed E-state index contributed by atoms with van der Waals surface area (Å²) < 4.78 is 7.68. The molecule has 1 amide bonds. The van der Waals surface area contributed by atoms with Gasteiger partial charge in [0.05, 0.1) is 23.4 Å². The number of hydrogen-bond acceptors (Lipinski definition) is 9. The number of oxazole rings is 1. The van der Waals surface area contributed by atoms with Crippen molar-refractivity contribution in [3.05, 3.63) is 101 Å². The highest BCUT2D eigenvalue weighted by Gasteiger charge is 2.27. The van der Waals surface area contributed by atoms with Crippen LogP contribution in [0.4, 0.5) is 5.82 Å². The first-order valence-corrected chi connectivity index (χ1v) is 13.6. The van der Waals surface area contributed by atoms with Crippen molar-refractivity contribution in [3.8, 4) is 34.4 Å². The van der Waals surface area contributed by atoms with Crippen molar-refractivity contribution in [2.45, 2.75) is 25.8 Å². The molecule has 43 heavy (non-hydrogen) atoms. The van der Waals surface area contributed by atoms with E-state index in [0.717, 1.165) is 23.2 Å². The van der Waals surface area contributed by atoms with Gasteiger partial charge in [0.1, 0.15) is 28.5 Å². The van der Waals surface area contributed by atoms with E-state index in [9.17, 15) is 14.7 Å². The van der Waals surface area contributed by atoms with Crippen LogP contribution in [-0.2, 0) is 6.42 Å². The maximum atomic E-state index is 13.0. The Morgan fingerprint density at radius 1 is 1.12 bits per heavy atom. The van der Waals surface area contributed by atoms with Crippen molar-refractivity contribution in [1.29, 1.82) is 0 Å². The Hall–Kier alpha value is -5.84. The molecule has 1 aliphatic rings. The zero-order chi connectivity index (χ0) is 29.7. The third-order valence-electron chi connectivity index (χ3n) is 7.61. The van der Waals surface area contributed by atoms with Crippen LogP contribution in [0.15, 0.2) is 77.5 Å². The lowest BCUT2D eigenvalue weighted by molar-refractivity contribution is 0.0936. The van der Waals surface area contributed by atoms with Crippen LogP contribution in [-0.4, -0.2) is 41.8 Å². The van der Waals surface area contributed by atoms with E-state index in [-0.39, 0.29) is 23.3 Å². The van der Waals surface area contributed by atoms with E-state index in [0.29, 0.717) is 64.0 Å². The summed E-state index contributed by atoms with van der Waals surface area (Å²) in [6.45, 7) is 1.83. The third-order valence-corrected chi connectivity index (χ3v) is 7.61. The fourth-order valence-electron chi connectivity index (χ4n) is 5.51. The van der Waals surface area contributed by atoms with Crippen LogP contribution in [0.1, 0.15) is 50.1 Å². The van der Waals surface area contributed by atoms with Gasteiger partial charge in [0.2, 0.25) is 5.89 Å². The molecule has 11 nitrogen and oxygen atoms in total. The fourth-order valence-corrected chi connectivity index (χ4v) is 5.51. The molecule has 0 saturated heterocycles. The minimum absolute atomic E-state index is 0.0662. The SMILES string of the molecule is Cc1cnc(-c2ccc3nc(-c4cccnc4N)n(-c4ccc5c(c4)CC[C@@H]5NC(=O)c4ccc(O)c(C=O)c4)c3n2)o1. The number of fused-ring (bicyclic) bond motifs is 2. The van der Waals surface area contributed by atoms with Crippen molar-refractivity contribution < 1.29 is 19.1 Å². The van der Waals surface area contributed by atoms with Crippen LogP contribution >= 0.6 is 0 Å². The van der Waals surface area contributed by atoms with Crippen LogP contribution < -0.4 is 11.1 Å². The van der Waals surface area contributed by atoms with Crippen LogP contribution in [0.2, 0.25) is 0 Å². The molecule has 1 aliphatic carbocycles. The molecule has 2 aromatic carbocycles. The van der Waals surface area contributed by atoms with Gasteiger partial charge in [0.25, 0.3) is 5.91 Å². The number of carbonyl (C=O) groups excluding carboxylic acids is 2. The van der Waals surface area contributed by atoms with Gasteiger partial charge in [-0.1, -0.05) is 6.07 Å². The van der Waals surface area contributed by atoms with Crippen molar-refractivity contribution in [2.24, 2.45) is 0 Å². The molecule has 0 aliphatic heterocycles. The number of aldehydes is 1. The predicted molar refractivity (Wildman–Crippen MR) is 159 cm³/mol. The Morgan fingerprint density at radius 3 is 2.79 bits per heavy atom. The lowest BCUT2D eigenvalue weighted by Gasteiger charge is -2.16. The van der Waals surface area contributed by atoms with Crippen molar-refractivity contribution in [3.63, 3.8) is 0 Å². The molecule has 4 N–H and O–H groups in total. The van der Waals surface area contributed by atoms with Gasteiger partial charge in [0, 0.05) is 17.4 Å². The number of benzene rings is 2. The largest absolute Gasteiger partial charge is 0.507 e. The van der Waals surface area contributed by atoms with Gasteiger partial charge < -0.3 is 20.6 Å². The zero-order valence-electron chi connectivity index (χ0n) is 23.0. The summed E-state index contributed by atoms with van der Waals surface area (Å²) in [5.41, 5.74) is 12.1. The number of hydrogen-bond donors (Lipinski definition) is 3. The Bertz CT molecular complexity index is 2060. The minimum Gasteiger partial charge on any atom is -0.507 e. The molecular weight excluding hydrogens is 546 g/mol. The van der Waals surface area contributed by atoms with E-state index in [4.69, 9.17) is 20.1 Å². The number of aryl methyl sites for hydroxylation is 2. The number of nitrogen functional groups attached to an aromatic ring is 1. The van der Waals surface area contributed by atoms with Gasteiger partial charge in [0.15, 0.2) is 17.8 Å². The molecular formula is C32H25N7O4. The van der Waals surface area contributed by atoms with E-state index in [1.54, 1.807) is 12.4 Å². The molecule has 7 rings (SSSR count). The second kappa shape index (κ2) is 10.2. The highest BCUT2D eigenvalue weighted by molar-refractivity contribution is 5.96. The highest BCUT2D eigenvalue weighted by Crippen LogP contribution is 2.36. The maximum absolute atomic E-state index is 13.0. The number of anilines is 1. The first kappa shape index (κ1) is 26.1. The second-order valence-electron chi connectivity index (χ2n) is 10.4. The number of nitrogens with two attached hydrogens (primary N) is 1. The quantitative estimate of drug-likeness (QED) is 0.234. The lowest BCUT2D eigenvalue weighted by Crippen LogP contribution is -2.27. The number of nitrogens with zero attached hydrogens (tertiary/aromatic N) is 5. The monoisotopic (exact) mass is 571 g/mol. The molecule has 0 bridgehead atoms. The van der Waals surface area contributed by atoms with Gasteiger partial charge in [-0.25, -0.2) is 19.9 Å². The number of rotatable bonds is 6. The normalized spacial score (nSPS) is 14.1. The Kier molecular flexibility index (Phi) is 6.19. The standard InChI is InChI=1S/C32H25N7O4/c1-17-15-35-32(43-17)26-10-9-25-30(37-26)39(29(36-25)23-3-2-12-34-28(23)33)21-6-7-22-18(14-21)4-8-24(22)38-31(42)19-5-11-27(41)20(13-19)16-40/h2-3,5-7,9-16,24,41H,4,8H2,1H3,(H2,33,34)(H,38,42)/t24-/m0/s1. The lowest BCUT2D eigenvalue weighted by atomic mass is 10.1. The van der Waals surface area contributed by atoms with E-state index in [1.165, 1.54) is 18.2 Å². The Morgan fingerprint density at radius 2 is 2.00 bits per heavy atom. The summed E-state index contributed by atoms with van der Waals surface area (Å²) in [6, 6.07) is 17.4. The van der Waals surface area contributed by atoms with Crippen LogP contribution in [0.25, 0.3) is 39.8 Å². The topological polar surface area (TPSA) is 162 Å². The number of aromatic nitrogens is 5. The number of imidazole rings is 1. The third kappa shape index (κ3) is 4.56. The van der Waals surface area contributed by atoms with E-state index in [1.807, 2.05) is 47.9 Å². The first-order chi connectivity index (χ1) is 20.9. The molecule has 0 unspecified atom stereocenters. The van der Waals surface area contributed by atoms with Gasteiger partial charge in [-0.3, -0.25) is 14.2 Å². The fraction of sp³-hybridized carbons (Fsp3) is 0.125. The summed E-state index contributed by atoms with van der Waals surface area (Å²) >= 11 is 0. The maximum Gasteiger partial charge on any atom is 0.251 e. The smallest absolute Gasteiger partial charge is 0.251 e. The summed E-state index contributed by atoms with van der Waals surface area (Å²) in [5.74, 6) is 1.55. The van der Waals surface area contributed by atoms with Crippen LogP contribution in [0.3, 0.4) is 0 Å². The molecule has 6 aromatic rings. The number of aromatic hydroxyl groups is 1. The molecule has 4 aromatic heterocycles. The van der Waals surface area contributed by atoms with E-state index < -0.39 is 0 Å². The van der Waals surface area contributed by atoms with Crippen molar-refractivity contribution in [2.75, 3.05) is 5.73 Å². The molecule has 4 heterocycles. The van der Waals surface area contributed by atoms with Crippen LogP contribution in [0, 0.1) is 6.92 Å². The first-order valence-electron chi connectivity index (χ1n) is 13.6. The minimum atomic E-state index is -0.321. The number of nitrogens with one attached hydrogen (secondary N) is 1. The molecule has 0 fully saturated rings. The number of amides is 1. The van der Waals surface area contributed by atoms with Gasteiger partial charge in [-0.15, -0.1) is 0 Å². The van der Waals surface area contributed by atoms with Gasteiger partial charge in [-0.2, -0.15) is 0 Å². The number of phenolic OH excluding ortho intramolecular Hbond substituents is 1. The summed E-state index contributed by atoms with van der Waals surface area (Å²) in [7, 11) is 0. The summed E-state index contributed by atoms with van der Waals surface area (Å²) in [6.07, 6.45) is 5.26. The summed E-state index contributed by atoms with van der Waals surface area (Å²) in [4.78, 5) is 42.6. The van der Waals surface area contributed by atoms with Crippen molar-refractivity contribution in [1.82, 2.24) is 29.8 Å². The Labute approximate surface area is 245 Å². The van der Waals surface area contributed by atoms with E-state index in [2.05, 4.69) is 21.4 Å². The molecule has 212 valence electrons.